The van der Waals surface area contributed by atoms with Crippen molar-refractivity contribution < 1.29 is 22.7 Å². The second-order valence-electron chi connectivity index (χ2n) is 6.43. The highest BCUT2D eigenvalue weighted by Gasteiger charge is 2.21. The Morgan fingerprint density at radius 3 is 2.22 bits per heavy atom. The molecular formula is C20H23NO5S. The quantitative estimate of drug-likeness (QED) is 0.581. The molecule has 0 aliphatic rings. The number of Topliss-reactive ketones (excluding diaryl/α,β-unsaturated/α-hetero) is 1. The molecule has 0 saturated carbocycles. The van der Waals surface area contributed by atoms with E-state index in [0.29, 0.717) is 5.56 Å². The maximum Gasteiger partial charge on any atom is 0.321 e. The van der Waals surface area contributed by atoms with E-state index in [2.05, 4.69) is 4.72 Å². The first kappa shape index (κ1) is 20.8. The Balaban J connectivity index is 1.95. The van der Waals surface area contributed by atoms with E-state index in [1.165, 1.54) is 19.1 Å². The Morgan fingerprint density at radius 2 is 1.63 bits per heavy atom. The number of ether oxygens (including phenoxy) is 1. The van der Waals surface area contributed by atoms with E-state index in [0.717, 1.165) is 16.7 Å². The van der Waals surface area contributed by atoms with Gasteiger partial charge in [0, 0.05) is 5.56 Å². The molecule has 7 heteroatoms. The SMILES string of the molecule is Cc1ccc(C(=O)[C@H](C)OC(=O)CNS(=O)(=O)c2ccc(C)c(C)c2)cc1. The van der Waals surface area contributed by atoms with Crippen molar-refractivity contribution in [2.45, 2.75) is 38.7 Å². The van der Waals surface area contributed by atoms with E-state index in [4.69, 9.17) is 4.74 Å². The van der Waals surface area contributed by atoms with Gasteiger partial charge in [-0.3, -0.25) is 9.59 Å². The number of benzene rings is 2. The van der Waals surface area contributed by atoms with Crippen molar-refractivity contribution in [1.29, 1.82) is 0 Å². The lowest BCUT2D eigenvalue weighted by Gasteiger charge is -2.13. The van der Waals surface area contributed by atoms with E-state index >= 15 is 0 Å². The van der Waals surface area contributed by atoms with Crippen molar-refractivity contribution in [3.63, 3.8) is 0 Å². The zero-order valence-electron chi connectivity index (χ0n) is 15.8. The summed E-state index contributed by atoms with van der Waals surface area (Å²) in [5.41, 5.74) is 3.24. The van der Waals surface area contributed by atoms with Crippen LogP contribution in [-0.2, 0) is 19.6 Å². The lowest BCUT2D eigenvalue weighted by atomic mass is 10.1. The van der Waals surface area contributed by atoms with Gasteiger partial charge in [0.05, 0.1) is 4.90 Å². The van der Waals surface area contributed by atoms with E-state index in [-0.39, 0.29) is 10.7 Å². The van der Waals surface area contributed by atoms with Gasteiger partial charge in [-0.25, -0.2) is 8.42 Å². The molecule has 2 rings (SSSR count). The van der Waals surface area contributed by atoms with Crippen LogP contribution >= 0.6 is 0 Å². The van der Waals surface area contributed by atoms with Crippen molar-refractivity contribution in [3.8, 4) is 0 Å². The lowest BCUT2D eigenvalue weighted by molar-refractivity contribution is -0.144. The monoisotopic (exact) mass is 389 g/mol. The van der Waals surface area contributed by atoms with E-state index in [1.54, 1.807) is 37.3 Å². The lowest BCUT2D eigenvalue weighted by Crippen LogP contribution is -2.34. The van der Waals surface area contributed by atoms with E-state index in [1.807, 2.05) is 13.8 Å². The number of carbonyl (C=O) groups excluding carboxylic acids is 2. The third-order valence-electron chi connectivity index (χ3n) is 4.21. The number of aryl methyl sites for hydroxylation is 3. The van der Waals surface area contributed by atoms with Crippen LogP contribution in [0, 0.1) is 20.8 Å². The Labute approximate surface area is 159 Å². The Hall–Kier alpha value is -2.51. The van der Waals surface area contributed by atoms with Crippen LogP contribution in [0.25, 0.3) is 0 Å². The highest BCUT2D eigenvalue weighted by molar-refractivity contribution is 7.89. The summed E-state index contributed by atoms with van der Waals surface area (Å²) in [5.74, 6) is -1.17. The van der Waals surface area contributed by atoms with Crippen LogP contribution in [0.3, 0.4) is 0 Å². The number of hydrogen-bond acceptors (Lipinski definition) is 5. The molecule has 0 fully saturated rings. The zero-order valence-corrected chi connectivity index (χ0v) is 16.6. The minimum Gasteiger partial charge on any atom is -0.453 e. The van der Waals surface area contributed by atoms with Crippen LogP contribution < -0.4 is 4.72 Å². The number of rotatable bonds is 7. The summed E-state index contributed by atoms with van der Waals surface area (Å²) < 4.78 is 31.8. The Kier molecular flexibility index (Phi) is 6.51. The standard InChI is InChI=1S/C20H23NO5S/c1-13-5-8-17(9-6-13)20(23)16(4)26-19(22)12-21-27(24,25)18-10-7-14(2)15(3)11-18/h5-11,16,21H,12H2,1-4H3/t16-/m0/s1. The summed E-state index contributed by atoms with van der Waals surface area (Å²) in [7, 11) is -3.84. The second kappa shape index (κ2) is 8.45. The maximum atomic E-state index is 12.3. The topological polar surface area (TPSA) is 89.5 Å². The summed E-state index contributed by atoms with van der Waals surface area (Å²) in [6.45, 7) is 6.49. The second-order valence-corrected chi connectivity index (χ2v) is 8.20. The van der Waals surface area contributed by atoms with Gasteiger partial charge in [0.2, 0.25) is 15.8 Å². The molecule has 2 aromatic rings. The number of sulfonamides is 1. The molecule has 0 aromatic heterocycles. The van der Waals surface area contributed by atoms with Crippen LogP contribution in [-0.4, -0.2) is 32.8 Å². The molecule has 27 heavy (non-hydrogen) atoms. The van der Waals surface area contributed by atoms with Gasteiger partial charge in [0.15, 0.2) is 6.10 Å². The molecule has 1 N–H and O–H groups in total. The molecule has 0 aliphatic carbocycles. The fourth-order valence-corrected chi connectivity index (χ4v) is 3.42. The van der Waals surface area contributed by atoms with Gasteiger partial charge in [-0.15, -0.1) is 0 Å². The normalized spacial score (nSPS) is 12.4. The number of ketones is 1. The summed E-state index contributed by atoms with van der Waals surface area (Å²) >= 11 is 0. The van der Waals surface area contributed by atoms with Gasteiger partial charge in [0.1, 0.15) is 6.54 Å². The largest absolute Gasteiger partial charge is 0.453 e. The van der Waals surface area contributed by atoms with Crippen LogP contribution in [0.1, 0.15) is 34.0 Å². The maximum absolute atomic E-state index is 12.3. The van der Waals surface area contributed by atoms with Gasteiger partial charge in [-0.05, 0) is 51.0 Å². The summed E-state index contributed by atoms with van der Waals surface area (Å²) in [4.78, 5) is 24.3. The van der Waals surface area contributed by atoms with Crippen molar-refractivity contribution in [3.05, 3.63) is 64.7 Å². The smallest absolute Gasteiger partial charge is 0.321 e. The van der Waals surface area contributed by atoms with Crippen molar-refractivity contribution in [2.75, 3.05) is 6.54 Å². The summed E-state index contributed by atoms with van der Waals surface area (Å²) in [6.07, 6.45) is -1.01. The third-order valence-corrected chi connectivity index (χ3v) is 5.61. The number of hydrogen-bond donors (Lipinski definition) is 1. The molecule has 0 bridgehead atoms. The molecule has 2 aromatic carbocycles. The number of esters is 1. The highest BCUT2D eigenvalue weighted by Crippen LogP contribution is 2.14. The first-order valence-electron chi connectivity index (χ1n) is 8.47. The fourth-order valence-electron chi connectivity index (χ4n) is 2.36. The molecule has 1 atom stereocenters. The van der Waals surface area contributed by atoms with Crippen LogP contribution in [0.4, 0.5) is 0 Å². The predicted molar refractivity (Wildman–Crippen MR) is 102 cm³/mol. The number of nitrogens with one attached hydrogen (secondary N) is 1. The highest BCUT2D eigenvalue weighted by atomic mass is 32.2. The average molecular weight is 389 g/mol. The van der Waals surface area contributed by atoms with Crippen molar-refractivity contribution >= 4 is 21.8 Å². The molecule has 6 nitrogen and oxygen atoms in total. The van der Waals surface area contributed by atoms with Crippen LogP contribution in [0.5, 0.6) is 0 Å². The molecule has 0 saturated heterocycles. The van der Waals surface area contributed by atoms with Crippen molar-refractivity contribution in [1.82, 2.24) is 4.72 Å². The first-order valence-corrected chi connectivity index (χ1v) is 9.96. The zero-order chi connectivity index (χ0) is 20.2. The first-order chi connectivity index (χ1) is 12.6. The van der Waals surface area contributed by atoms with Gasteiger partial charge < -0.3 is 4.74 Å². The van der Waals surface area contributed by atoms with Crippen LogP contribution in [0.15, 0.2) is 47.4 Å². The van der Waals surface area contributed by atoms with Gasteiger partial charge in [-0.2, -0.15) is 4.72 Å². The van der Waals surface area contributed by atoms with Gasteiger partial charge in [0.25, 0.3) is 0 Å². The van der Waals surface area contributed by atoms with Gasteiger partial charge in [-0.1, -0.05) is 35.9 Å². The molecule has 0 radical (unpaired) electrons. The minimum atomic E-state index is -3.84. The molecule has 0 amide bonds. The summed E-state index contributed by atoms with van der Waals surface area (Å²) in [5, 5.41) is 0. The van der Waals surface area contributed by atoms with Crippen molar-refractivity contribution in [2.24, 2.45) is 0 Å². The van der Waals surface area contributed by atoms with Gasteiger partial charge >= 0.3 is 5.97 Å². The molecule has 0 unspecified atom stereocenters. The average Bonchev–Trinajstić information content (AvgIpc) is 2.62. The Bertz CT molecular complexity index is 949. The third kappa shape index (κ3) is 5.48. The predicted octanol–water partition coefficient (Wildman–Crippen LogP) is 2.70. The Morgan fingerprint density at radius 1 is 1.00 bits per heavy atom. The minimum absolute atomic E-state index is 0.0715. The van der Waals surface area contributed by atoms with Crippen LogP contribution in [0.2, 0.25) is 0 Å². The molecule has 0 aliphatic heterocycles. The molecule has 0 spiro atoms. The molecular weight excluding hydrogens is 366 g/mol. The van der Waals surface area contributed by atoms with E-state index < -0.39 is 28.6 Å². The molecule has 0 heterocycles. The molecule has 144 valence electrons. The number of carbonyl (C=O) groups is 2. The summed E-state index contributed by atoms with van der Waals surface area (Å²) in [6, 6.07) is 11.6. The fraction of sp³-hybridized carbons (Fsp3) is 0.300. The van der Waals surface area contributed by atoms with E-state index in [9.17, 15) is 18.0 Å².